The molecule has 0 fully saturated rings. The topological polar surface area (TPSA) is 71.6 Å². The second-order valence-electron chi connectivity index (χ2n) is 5.36. The van der Waals surface area contributed by atoms with Crippen LogP contribution in [0.3, 0.4) is 0 Å². The maximum absolute atomic E-state index is 12.4. The van der Waals surface area contributed by atoms with Gasteiger partial charge in [0.05, 0.1) is 13.2 Å². The maximum atomic E-state index is 12.4. The first kappa shape index (κ1) is 18.2. The molecule has 0 amide bonds. The van der Waals surface area contributed by atoms with Gasteiger partial charge in [-0.2, -0.15) is 18.2 Å². The van der Waals surface area contributed by atoms with Gasteiger partial charge in [0, 0.05) is 12.1 Å². The number of hydrogen-bond donors (Lipinski definition) is 1. The number of aliphatic hydroxyl groups excluding tert-OH is 1. The van der Waals surface area contributed by atoms with Crippen molar-refractivity contribution in [3.05, 3.63) is 30.2 Å². The summed E-state index contributed by atoms with van der Waals surface area (Å²) in [4.78, 5) is 5.50. The van der Waals surface area contributed by atoms with Crippen molar-refractivity contribution in [3.8, 4) is 17.1 Å². The van der Waals surface area contributed by atoms with Gasteiger partial charge in [-0.3, -0.25) is 4.90 Å². The highest BCUT2D eigenvalue weighted by molar-refractivity contribution is 5.55. The summed E-state index contributed by atoms with van der Waals surface area (Å²) in [5.41, 5.74) is 0.691. The molecule has 2 unspecified atom stereocenters. The molecule has 6 nitrogen and oxygen atoms in total. The predicted molar refractivity (Wildman–Crippen MR) is 79.4 cm³/mol. The second-order valence-corrected chi connectivity index (χ2v) is 5.36. The summed E-state index contributed by atoms with van der Waals surface area (Å²) < 4.78 is 47.5. The average molecular weight is 345 g/mol. The molecule has 1 aromatic heterocycles. The third-order valence-electron chi connectivity index (χ3n) is 3.65. The summed E-state index contributed by atoms with van der Waals surface area (Å²) in [5.74, 6) is 1.17. The van der Waals surface area contributed by atoms with Crippen LogP contribution in [-0.4, -0.2) is 53.1 Å². The number of methoxy groups -OCH3 is 1. The van der Waals surface area contributed by atoms with Crippen LogP contribution in [0, 0.1) is 0 Å². The Labute approximate surface area is 136 Å². The normalized spacial score (nSPS) is 14.7. The minimum atomic E-state index is -4.67. The standard InChI is InChI=1S/C15H18F3N3O3/c1-9(21(2)8-12(22)15(16,17)18)14-19-13(20-24-14)10-4-6-11(23-3)7-5-10/h4-7,9,12,22H,8H2,1-3H3. The molecule has 0 aliphatic rings. The van der Waals surface area contributed by atoms with E-state index >= 15 is 0 Å². The van der Waals surface area contributed by atoms with E-state index in [9.17, 15) is 13.2 Å². The van der Waals surface area contributed by atoms with E-state index in [4.69, 9.17) is 14.4 Å². The number of hydrogen-bond acceptors (Lipinski definition) is 6. The van der Waals surface area contributed by atoms with Gasteiger partial charge >= 0.3 is 6.18 Å². The van der Waals surface area contributed by atoms with Gasteiger partial charge in [0.1, 0.15) is 5.75 Å². The number of alkyl halides is 3. The summed E-state index contributed by atoms with van der Waals surface area (Å²) in [6, 6.07) is 6.38. The lowest BCUT2D eigenvalue weighted by Crippen LogP contribution is -2.40. The van der Waals surface area contributed by atoms with E-state index in [1.165, 1.54) is 11.9 Å². The lowest BCUT2D eigenvalue weighted by Gasteiger charge is -2.25. The van der Waals surface area contributed by atoms with Gasteiger partial charge in [0.25, 0.3) is 0 Å². The number of likely N-dealkylation sites (N-methyl/N-ethyl adjacent to an activating group) is 1. The Kier molecular flexibility index (Phi) is 5.45. The lowest BCUT2D eigenvalue weighted by atomic mass is 10.2. The van der Waals surface area contributed by atoms with Crippen LogP contribution in [0.1, 0.15) is 18.9 Å². The largest absolute Gasteiger partial charge is 0.497 e. The zero-order valence-corrected chi connectivity index (χ0v) is 13.4. The third-order valence-corrected chi connectivity index (χ3v) is 3.65. The first-order chi connectivity index (χ1) is 11.2. The van der Waals surface area contributed by atoms with Gasteiger partial charge in [-0.1, -0.05) is 5.16 Å². The van der Waals surface area contributed by atoms with Crippen molar-refractivity contribution in [3.63, 3.8) is 0 Å². The van der Waals surface area contributed by atoms with Crippen LogP contribution in [0.4, 0.5) is 13.2 Å². The number of halogens is 3. The highest BCUT2D eigenvalue weighted by Crippen LogP contribution is 2.26. The SMILES string of the molecule is COc1ccc(-c2noc(C(C)N(C)CC(O)C(F)(F)F)n2)cc1. The lowest BCUT2D eigenvalue weighted by molar-refractivity contribution is -0.208. The minimum absolute atomic E-state index is 0.165. The van der Waals surface area contributed by atoms with E-state index in [0.717, 1.165) is 0 Å². The Morgan fingerprint density at radius 1 is 1.29 bits per heavy atom. The quantitative estimate of drug-likeness (QED) is 0.868. The molecule has 0 aliphatic carbocycles. The van der Waals surface area contributed by atoms with Crippen LogP contribution >= 0.6 is 0 Å². The highest BCUT2D eigenvalue weighted by Gasteiger charge is 2.39. The van der Waals surface area contributed by atoms with Crippen LogP contribution in [0.2, 0.25) is 0 Å². The molecule has 0 spiro atoms. The highest BCUT2D eigenvalue weighted by atomic mass is 19.4. The van der Waals surface area contributed by atoms with Gasteiger partial charge in [-0.05, 0) is 38.2 Å². The first-order valence-electron chi connectivity index (χ1n) is 7.15. The molecule has 9 heteroatoms. The first-order valence-corrected chi connectivity index (χ1v) is 7.15. The summed E-state index contributed by atoms with van der Waals surface area (Å²) in [6.45, 7) is 1.03. The van der Waals surface area contributed by atoms with Crippen molar-refractivity contribution in [1.82, 2.24) is 15.0 Å². The van der Waals surface area contributed by atoms with Gasteiger partial charge in [-0.25, -0.2) is 0 Å². The van der Waals surface area contributed by atoms with E-state index in [1.807, 2.05) is 0 Å². The molecule has 0 aliphatic heterocycles. The summed E-state index contributed by atoms with van der Waals surface area (Å²) >= 11 is 0. The molecule has 0 saturated heterocycles. The van der Waals surface area contributed by atoms with E-state index in [0.29, 0.717) is 17.1 Å². The fraction of sp³-hybridized carbons (Fsp3) is 0.467. The van der Waals surface area contributed by atoms with Crippen molar-refractivity contribution >= 4 is 0 Å². The monoisotopic (exact) mass is 345 g/mol. The van der Waals surface area contributed by atoms with Crippen molar-refractivity contribution in [2.24, 2.45) is 0 Å². The summed E-state index contributed by atoms with van der Waals surface area (Å²) in [6.07, 6.45) is -7.11. The smallest absolute Gasteiger partial charge is 0.415 e. The van der Waals surface area contributed by atoms with Crippen LogP contribution in [0.5, 0.6) is 5.75 Å². The molecular weight excluding hydrogens is 327 g/mol. The molecule has 24 heavy (non-hydrogen) atoms. The Hall–Kier alpha value is -2.13. The predicted octanol–water partition coefficient (Wildman–Crippen LogP) is 2.66. The van der Waals surface area contributed by atoms with E-state index in [2.05, 4.69) is 10.1 Å². The summed E-state index contributed by atoms with van der Waals surface area (Å²) in [5, 5.41) is 13.0. The second kappa shape index (κ2) is 7.18. The fourth-order valence-electron chi connectivity index (χ4n) is 1.99. The van der Waals surface area contributed by atoms with Gasteiger partial charge < -0.3 is 14.4 Å². The minimum Gasteiger partial charge on any atom is -0.497 e. The van der Waals surface area contributed by atoms with Crippen molar-refractivity contribution in [1.29, 1.82) is 0 Å². The van der Waals surface area contributed by atoms with Crippen LogP contribution in [0.15, 0.2) is 28.8 Å². The zero-order chi connectivity index (χ0) is 17.9. The van der Waals surface area contributed by atoms with Gasteiger partial charge in [0.2, 0.25) is 11.7 Å². The Morgan fingerprint density at radius 3 is 2.46 bits per heavy atom. The number of aromatic nitrogens is 2. The van der Waals surface area contributed by atoms with Crippen molar-refractivity contribution in [2.75, 3.05) is 20.7 Å². The van der Waals surface area contributed by atoms with E-state index in [-0.39, 0.29) is 5.89 Å². The number of aliphatic hydroxyl groups is 1. The molecule has 2 rings (SSSR count). The molecule has 1 aromatic carbocycles. The molecule has 1 heterocycles. The molecule has 0 bridgehead atoms. The van der Waals surface area contributed by atoms with Crippen LogP contribution < -0.4 is 4.74 Å². The number of benzene rings is 1. The Morgan fingerprint density at radius 2 is 1.92 bits per heavy atom. The van der Waals surface area contributed by atoms with Crippen LogP contribution in [-0.2, 0) is 0 Å². The molecular formula is C15H18F3N3O3. The van der Waals surface area contributed by atoms with Gasteiger partial charge in [0.15, 0.2) is 6.10 Å². The number of rotatable bonds is 6. The molecule has 2 atom stereocenters. The van der Waals surface area contributed by atoms with Gasteiger partial charge in [-0.15, -0.1) is 0 Å². The average Bonchev–Trinajstić information content (AvgIpc) is 3.03. The molecule has 0 saturated carbocycles. The fourth-order valence-corrected chi connectivity index (χ4v) is 1.99. The third kappa shape index (κ3) is 4.24. The Bertz CT molecular complexity index is 658. The van der Waals surface area contributed by atoms with Crippen molar-refractivity contribution < 1.29 is 27.5 Å². The summed E-state index contributed by atoms with van der Waals surface area (Å²) in [7, 11) is 2.99. The molecule has 0 radical (unpaired) electrons. The Balaban J connectivity index is 2.08. The van der Waals surface area contributed by atoms with Crippen LogP contribution in [0.25, 0.3) is 11.4 Å². The van der Waals surface area contributed by atoms with E-state index in [1.54, 1.807) is 38.3 Å². The number of ether oxygens (including phenoxy) is 1. The molecule has 2 aromatic rings. The zero-order valence-electron chi connectivity index (χ0n) is 13.4. The van der Waals surface area contributed by atoms with Crippen molar-refractivity contribution in [2.45, 2.75) is 25.2 Å². The number of nitrogens with zero attached hydrogens (tertiary/aromatic N) is 3. The maximum Gasteiger partial charge on any atom is 0.415 e. The van der Waals surface area contributed by atoms with E-state index < -0.39 is 24.9 Å². The molecule has 1 N–H and O–H groups in total. The molecule has 132 valence electrons.